The van der Waals surface area contributed by atoms with Crippen LogP contribution < -0.4 is 0 Å². The molecule has 2 fully saturated rings. The highest BCUT2D eigenvalue weighted by molar-refractivity contribution is 5.80. The van der Waals surface area contributed by atoms with Gasteiger partial charge in [-0.15, -0.1) is 0 Å². The molecule has 2 heterocycles. The number of H-pyrrole nitrogens is 1. The lowest BCUT2D eigenvalue weighted by atomic mass is 9.96. The molecule has 1 atom stereocenters. The number of aromatic amines is 1. The fraction of sp³-hybridized carbons (Fsp3) is 0.579. The summed E-state index contributed by atoms with van der Waals surface area (Å²) in [6.45, 7) is 4.20. The van der Waals surface area contributed by atoms with Crippen LogP contribution in [0.4, 0.5) is 0 Å². The Labute approximate surface area is 142 Å². The summed E-state index contributed by atoms with van der Waals surface area (Å²) in [4.78, 5) is 22.6. The van der Waals surface area contributed by atoms with Crippen LogP contribution in [-0.4, -0.2) is 46.6 Å². The van der Waals surface area contributed by atoms with Crippen molar-refractivity contribution in [2.75, 3.05) is 19.7 Å². The first kappa shape index (κ1) is 15.6. The Hall–Kier alpha value is -1.88. The predicted octanol–water partition coefficient (Wildman–Crippen LogP) is 3.08. The van der Waals surface area contributed by atoms with Gasteiger partial charge in [0.05, 0.1) is 17.6 Å². The van der Waals surface area contributed by atoms with Crippen LogP contribution in [0, 0.1) is 5.92 Å². The summed E-state index contributed by atoms with van der Waals surface area (Å²) in [6.07, 6.45) is 4.11. The van der Waals surface area contributed by atoms with Crippen LogP contribution in [0.1, 0.15) is 44.3 Å². The van der Waals surface area contributed by atoms with Gasteiger partial charge in [-0.05, 0) is 50.7 Å². The number of rotatable bonds is 5. The number of carbonyl (C=O) groups is 1. The normalized spacial score (nSPS) is 20.5. The number of aromatic nitrogens is 2. The Morgan fingerprint density at radius 3 is 2.75 bits per heavy atom. The molecular formula is C19H25N3O2. The molecule has 1 aliphatic heterocycles. The molecule has 2 aliphatic rings. The van der Waals surface area contributed by atoms with E-state index >= 15 is 0 Å². The molecular weight excluding hydrogens is 302 g/mol. The molecule has 5 nitrogen and oxygen atoms in total. The van der Waals surface area contributed by atoms with Crippen molar-refractivity contribution in [3.63, 3.8) is 0 Å². The van der Waals surface area contributed by atoms with Crippen molar-refractivity contribution in [2.45, 2.75) is 44.6 Å². The smallest absolute Gasteiger partial charge is 0.251 e. The Balaban J connectivity index is 1.33. The summed E-state index contributed by atoms with van der Waals surface area (Å²) in [7, 11) is 0. The molecule has 24 heavy (non-hydrogen) atoms. The monoisotopic (exact) mass is 327 g/mol. The topological polar surface area (TPSA) is 58.2 Å². The number of nitrogens with one attached hydrogen (secondary N) is 1. The molecule has 1 aliphatic carbocycles. The zero-order valence-electron chi connectivity index (χ0n) is 14.2. The van der Waals surface area contributed by atoms with Crippen molar-refractivity contribution in [3.05, 3.63) is 30.1 Å². The lowest BCUT2D eigenvalue weighted by Crippen LogP contribution is -2.43. The van der Waals surface area contributed by atoms with E-state index in [2.05, 4.69) is 11.1 Å². The standard InChI is InChI=1S/C19H25N3O2/c1-13(24-12-14-6-7-14)19(23)22-10-8-15(9-11-22)18-20-16-4-2-3-5-17(16)21-18/h2-5,13-15H,6-12H2,1H3,(H,20,21). The molecule has 0 bridgehead atoms. The average molecular weight is 327 g/mol. The first-order valence-corrected chi connectivity index (χ1v) is 9.06. The van der Waals surface area contributed by atoms with Gasteiger partial charge in [0.25, 0.3) is 5.91 Å². The van der Waals surface area contributed by atoms with Gasteiger partial charge in [-0.25, -0.2) is 4.98 Å². The molecule has 0 radical (unpaired) electrons. The highest BCUT2D eigenvalue weighted by atomic mass is 16.5. The molecule has 1 saturated carbocycles. The highest BCUT2D eigenvalue weighted by Crippen LogP contribution is 2.30. The Morgan fingerprint density at radius 2 is 2.04 bits per heavy atom. The third-order valence-corrected chi connectivity index (χ3v) is 5.23. The van der Waals surface area contributed by atoms with Crippen molar-refractivity contribution in [2.24, 2.45) is 5.92 Å². The number of piperidine rings is 1. The van der Waals surface area contributed by atoms with Crippen molar-refractivity contribution >= 4 is 16.9 Å². The van der Waals surface area contributed by atoms with E-state index in [4.69, 9.17) is 9.72 Å². The van der Waals surface area contributed by atoms with E-state index in [1.54, 1.807) is 0 Å². The molecule has 1 aromatic heterocycles. The van der Waals surface area contributed by atoms with E-state index in [1.807, 2.05) is 30.0 Å². The number of likely N-dealkylation sites (tertiary alicyclic amines) is 1. The molecule has 1 unspecified atom stereocenters. The summed E-state index contributed by atoms with van der Waals surface area (Å²) in [5.41, 5.74) is 2.11. The third-order valence-electron chi connectivity index (χ3n) is 5.23. The SMILES string of the molecule is CC(OCC1CC1)C(=O)N1CCC(c2nc3ccccc3[nH]2)CC1. The summed E-state index contributed by atoms with van der Waals surface area (Å²) in [5, 5.41) is 0. The van der Waals surface area contributed by atoms with E-state index < -0.39 is 0 Å². The number of para-hydroxylation sites is 2. The molecule has 1 saturated heterocycles. The maximum Gasteiger partial charge on any atom is 0.251 e. The first-order chi connectivity index (χ1) is 11.7. The first-order valence-electron chi connectivity index (χ1n) is 9.06. The van der Waals surface area contributed by atoms with E-state index in [9.17, 15) is 4.79 Å². The molecule has 4 rings (SSSR count). The molecule has 1 aromatic carbocycles. The number of fused-ring (bicyclic) bond motifs is 1. The van der Waals surface area contributed by atoms with Gasteiger partial charge < -0.3 is 14.6 Å². The zero-order valence-corrected chi connectivity index (χ0v) is 14.2. The molecule has 128 valence electrons. The van der Waals surface area contributed by atoms with E-state index in [-0.39, 0.29) is 12.0 Å². The van der Waals surface area contributed by atoms with Crippen molar-refractivity contribution in [3.8, 4) is 0 Å². The summed E-state index contributed by atoms with van der Waals surface area (Å²) >= 11 is 0. The van der Waals surface area contributed by atoms with Crippen LogP contribution >= 0.6 is 0 Å². The van der Waals surface area contributed by atoms with E-state index in [0.29, 0.717) is 11.8 Å². The summed E-state index contributed by atoms with van der Waals surface area (Å²) in [6, 6.07) is 8.13. The zero-order chi connectivity index (χ0) is 16.5. The maximum absolute atomic E-state index is 12.5. The molecule has 1 amide bonds. The molecule has 1 N–H and O–H groups in total. The third kappa shape index (κ3) is 3.31. The van der Waals surface area contributed by atoms with Gasteiger partial charge in [0.2, 0.25) is 0 Å². The maximum atomic E-state index is 12.5. The number of benzene rings is 1. The number of imidazole rings is 1. The number of ether oxygens (including phenoxy) is 1. The van der Waals surface area contributed by atoms with Crippen LogP contribution in [0.15, 0.2) is 24.3 Å². The summed E-state index contributed by atoms with van der Waals surface area (Å²) < 4.78 is 5.72. The van der Waals surface area contributed by atoms with Gasteiger partial charge in [0.1, 0.15) is 11.9 Å². The van der Waals surface area contributed by atoms with Crippen LogP contribution in [0.25, 0.3) is 11.0 Å². The lowest BCUT2D eigenvalue weighted by molar-refractivity contribution is -0.144. The minimum Gasteiger partial charge on any atom is -0.368 e. The van der Waals surface area contributed by atoms with Gasteiger partial charge in [0, 0.05) is 19.0 Å². The second-order valence-corrected chi connectivity index (χ2v) is 7.16. The number of amides is 1. The predicted molar refractivity (Wildman–Crippen MR) is 92.8 cm³/mol. The Kier molecular flexibility index (Phi) is 4.27. The van der Waals surface area contributed by atoms with Gasteiger partial charge in [-0.1, -0.05) is 12.1 Å². The number of hydrogen-bond acceptors (Lipinski definition) is 3. The molecule has 0 spiro atoms. The average Bonchev–Trinajstić information content (AvgIpc) is 3.35. The van der Waals surface area contributed by atoms with Crippen molar-refractivity contribution < 1.29 is 9.53 Å². The Bertz CT molecular complexity index is 681. The quantitative estimate of drug-likeness (QED) is 0.918. The number of hydrogen-bond donors (Lipinski definition) is 1. The van der Waals surface area contributed by atoms with Crippen LogP contribution in [0.2, 0.25) is 0 Å². The van der Waals surface area contributed by atoms with Gasteiger partial charge >= 0.3 is 0 Å². The van der Waals surface area contributed by atoms with Crippen LogP contribution in [0.5, 0.6) is 0 Å². The summed E-state index contributed by atoms with van der Waals surface area (Å²) in [5.74, 6) is 2.29. The number of carbonyl (C=O) groups excluding carboxylic acids is 1. The molecule has 5 heteroatoms. The largest absolute Gasteiger partial charge is 0.368 e. The van der Waals surface area contributed by atoms with Crippen LogP contribution in [-0.2, 0) is 9.53 Å². The lowest BCUT2D eigenvalue weighted by Gasteiger charge is -2.32. The fourth-order valence-electron chi connectivity index (χ4n) is 3.43. The minimum atomic E-state index is -0.312. The second-order valence-electron chi connectivity index (χ2n) is 7.16. The minimum absolute atomic E-state index is 0.138. The van der Waals surface area contributed by atoms with Crippen molar-refractivity contribution in [1.82, 2.24) is 14.9 Å². The van der Waals surface area contributed by atoms with Crippen molar-refractivity contribution in [1.29, 1.82) is 0 Å². The van der Waals surface area contributed by atoms with E-state index in [0.717, 1.165) is 49.4 Å². The van der Waals surface area contributed by atoms with Gasteiger partial charge in [0.15, 0.2) is 0 Å². The fourth-order valence-corrected chi connectivity index (χ4v) is 3.43. The molecule has 2 aromatic rings. The highest BCUT2D eigenvalue weighted by Gasteiger charge is 2.30. The van der Waals surface area contributed by atoms with Gasteiger partial charge in [-0.2, -0.15) is 0 Å². The number of nitrogens with zero attached hydrogens (tertiary/aromatic N) is 2. The van der Waals surface area contributed by atoms with E-state index in [1.165, 1.54) is 12.8 Å². The van der Waals surface area contributed by atoms with Crippen LogP contribution in [0.3, 0.4) is 0 Å². The van der Waals surface area contributed by atoms with Gasteiger partial charge in [-0.3, -0.25) is 4.79 Å². The second kappa shape index (κ2) is 6.55. The Morgan fingerprint density at radius 1 is 1.29 bits per heavy atom.